The molecule has 4 aromatic rings. The molecule has 0 N–H and O–H groups in total. The van der Waals surface area contributed by atoms with Crippen molar-refractivity contribution in [1.29, 1.82) is 5.26 Å². The summed E-state index contributed by atoms with van der Waals surface area (Å²) >= 11 is 6.53. The summed E-state index contributed by atoms with van der Waals surface area (Å²) in [5.74, 6) is -2.31. The van der Waals surface area contributed by atoms with E-state index in [1.807, 2.05) is 18.0 Å². The van der Waals surface area contributed by atoms with E-state index in [9.17, 15) is 14.4 Å². The van der Waals surface area contributed by atoms with Gasteiger partial charge in [0.2, 0.25) is 0 Å². The first-order chi connectivity index (χ1) is 21.3. The number of aromatic nitrogens is 4. The first-order valence-electron chi connectivity index (χ1n) is 14.3. The SMILES string of the molecule is C=C(F)C(=O)N1CCN(c2nc(OC[C@@H]3CCCN3C)nc3c(F)c(-c4cncc5cccc(Cl)c45)ncc23)C[C@@H]1CC#N. The second-order valence-corrected chi connectivity index (χ2v) is 11.4. The maximum Gasteiger partial charge on any atom is 0.319 e. The molecule has 0 radical (unpaired) electrons. The Morgan fingerprint density at radius 1 is 1.20 bits per heavy atom. The zero-order valence-electron chi connectivity index (χ0n) is 24.0. The standard InChI is InChI=1S/C31H29ClF2N8O2/c1-18(33)30(43)42-12-11-41(16-20(42)8-9-35)29-23-15-37-27(22-14-36-13-19-5-3-7-24(32)25(19)22)26(34)28(23)38-31(39-29)44-17-21-6-4-10-40(21)2/h3,5,7,13-15,20-21H,1,4,6,8,10-12,16-17H2,2H3/t20-,21-/m0/s1. The maximum atomic E-state index is 16.5. The van der Waals surface area contributed by atoms with Crippen molar-refractivity contribution in [3.05, 3.63) is 60.0 Å². The van der Waals surface area contributed by atoms with Gasteiger partial charge < -0.3 is 19.4 Å². The fraction of sp³-hybridized carbons (Fsp3) is 0.355. The Bertz CT molecular complexity index is 1810. The third-order valence-corrected chi connectivity index (χ3v) is 8.62. The lowest BCUT2D eigenvalue weighted by Crippen LogP contribution is -2.55. The summed E-state index contributed by atoms with van der Waals surface area (Å²) in [6.07, 6.45) is 6.63. The number of rotatable bonds is 7. The van der Waals surface area contributed by atoms with Crippen LogP contribution in [-0.2, 0) is 4.79 Å². The number of nitriles is 1. The van der Waals surface area contributed by atoms with Crippen LogP contribution in [0.5, 0.6) is 6.01 Å². The second-order valence-electron chi connectivity index (χ2n) is 11.0. The number of halogens is 3. The van der Waals surface area contributed by atoms with E-state index in [0.29, 0.717) is 33.8 Å². The zero-order chi connectivity index (χ0) is 31.0. The van der Waals surface area contributed by atoms with Gasteiger partial charge in [0, 0.05) is 65.6 Å². The monoisotopic (exact) mass is 618 g/mol. The predicted molar refractivity (Wildman–Crippen MR) is 162 cm³/mol. The number of carbonyl (C=O) groups excluding carboxylic acids is 1. The first kappa shape index (κ1) is 29.6. The van der Waals surface area contributed by atoms with Gasteiger partial charge in [-0.05, 0) is 32.5 Å². The van der Waals surface area contributed by atoms with Gasteiger partial charge in [0.05, 0.1) is 23.9 Å². The van der Waals surface area contributed by atoms with Gasteiger partial charge in [0.25, 0.3) is 5.91 Å². The van der Waals surface area contributed by atoms with E-state index in [0.717, 1.165) is 24.8 Å². The number of pyridine rings is 2. The molecule has 0 unspecified atom stereocenters. The van der Waals surface area contributed by atoms with Crippen LogP contribution >= 0.6 is 11.6 Å². The lowest BCUT2D eigenvalue weighted by atomic mass is 10.0. The van der Waals surface area contributed by atoms with E-state index in [4.69, 9.17) is 16.3 Å². The van der Waals surface area contributed by atoms with Gasteiger partial charge in [-0.3, -0.25) is 14.8 Å². The molecular weight excluding hydrogens is 590 g/mol. The number of amides is 1. The summed E-state index contributed by atoms with van der Waals surface area (Å²) in [6.45, 7) is 4.90. The van der Waals surface area contributed by atoms with Crippen molar-refractivity contribution in [1.82, 2.24) is 29.7 Å². The zero-order valence-corrected chi connectivity index (χ0v) is 24.8. The predicted octanol–water partition coefficient (Wildman–Crippen LogP) is 4.92. The van der Waals surface area contributed by atoms with E-state index in [1.54, 1.807) is 18.3 Å². The Hall–Kier alpha value is -4.47. The third kappa shape index (κ3) is 5.49. The molecule has 1 aromatic carbocycles. The maximum absolute atomic E-state index is 16.5. The molecule has 0 aliphatic carbocycles. The molecule has 2 aliphatic heterocycles. The molecule has 0 saturated carbocycles. The molecule has 3 aromatic heterocycles. The molecule has 226 valence electrons. The van der Waals surface area contributed by atoms with Crippen molar-refractivity contribution in [3.8, 4) is 23.3 Å². The molecule has 44 heavy (non-hydrogen) atoms. The summed E-state index contributed by atoms with van der Waals surface area (Å²) in [5.41, 5.74) is 0.427. The highest BCUT2D eigenvalue weighted by Gasteiger charge is 2.34. The fourth-order valence-corrected chi connectivity index (χ4v) is 6.28. The number of anilines is 1. The molecule has 6 rings (SSSR count). The van der Waals surface area contributed by atoms with Crippen LogP contribution in [0.25, 0.3) is 32.9 Å². The summed E-state index contributed by atoms with van der Waals surface area (Å²) in [4.78, 5) is 35.7. The van der Waals surface area contributed by atoms with Gasteiger partial charge >= 0.3 is 6.01 Å². The quantitative estimate of drug-likeness (QED) is 0.266. The van der Waals surface area contributed by atoms with E-state index in [-0.39, 0.29) is 49.3 Å². The number of carbonyl (C=O) groups is 1. The number of fused-ring (bicyclic) bond motifs is 2. The molecule has 13 heteroatoms. The first-order valence-corrected chi connectivity index (χ1v) is 14.6. The molecule has 0 bridgehead atoms. The van der Waals surface area contributed by atoms with Gasteiger partial charge in [0.15, 0.2) is 11.6 Å². The van der Waals surface area contributed by atoms with E-state index >= 15 is 4.39 Å². The van der Waals surface area contributed by atoms with E-state index in [2.05, 4.69) is 37.5 Å². The van der Waals surface area contributed by atoms with Gasteiger partial charge in [-0.2, -0.15) is 15.2 Å². The fourth-order valence-electron chi connectivity index (χ4n) is 6.00. The Morgan fingerprint density at radius 3 is 2.80 bits per heavy atom. The minimum Gasteiger partial charge on any atom is -0.462 e. The van der Waals surface area contributed by atoms with Crippen molar-refractivity contribution in [2.75, 3.05) is 44.7 Å². The van der Waals surface area contributed by atoms with Crippen LogP contribution in [0.3, 0.4) is 0 Å². The van der Waals surface area contributed by atoms with Crippen LogP contribution in [0.2, 0.25) is 5.02 Å². The number of ether oxygens (including phenoxy) is 1. The van der Waals surface area contributed by atoms with Gasteiger partial charge in [-0.25, -0.2) is 8.78 Å². The summed E-state index contributed by atoms with van der Waals surface area (Å²) in [7, 11) is 2.02. The van der Waals surface area contributed by atoms with Crippen LogP contribution in [0, 0.1) is 17.1 Å². The molecular formula is C31H29ClF2N8O2. The molecule has 10 nitrogen and oxygen atoms in total. The molecule has 2 atom stereocenters. The molecule has 2 saturated heterocycles. The lowest BCUT2D eigenvalue weighted by molar-refractivity contribution is -0.131. The van der Waals surface area contributed by atoms with Crippen LogP contribution in [-0.4, -0.2) is 87.6 Å². The number of likely N-dealkylation sites (tertiary alicyclic amines) is 1. The number of hydrogen-bond acceptors (Lipinski definition) is 9. The number of benzene rings is 1. The number of likely N-dealkylation sites (N-methyl/N-ethyl adjacent to an activating group) is 1. The van der Waals surface area contributed by atoms with E-state index in [1.165, 1.54) is 17.3 Å². The normalized spacial score (nSPS) is 19.0. The molecule has 2 aliphatic rings. The highest BCUT2D eigenvalue weighted by Crippen LogP contribution is 2.37. The minimum absolute atomic E-state index is 0.00805. The molecule has 5 heterocycles. The summed E-state index contributed by atoms with van der Waals surface area (Å²) in [6, 6.07) is 6.94. The number of piperazine rings is 1. The minimum atomic E-state index is -1.09. The van der Waals surface area contributed by atoms with Crippen LogP contribution in [0.15, 0.2) is 49.2 Å². The average Bonchev–Trinajstić information content (AvgIpc) is 3.44. The van der Waals surface area contributed by atoms with Crippen molar-refractivity contribution in [3.63, 3.8) is 0 Å². The topological polar surface area (TPSA) is 111 Å². The van der Waals surface area contributed by atoms with Gasteiger partial charge in [0.1, 0.15) is 23.6 Å². The van der Waals surface area contributed by atoms with Gasteiger partial charge in [-0.1, -0.05) is 30.3 Å². The number of hydrogen-bond donors (Lipinski definition) is 0. The average molecular weight is 619 g/mol. The van der Waals surface area contributed by atoms with Crippen LogP contribution in [0.1, 0.15) is 19.3 Å². The Morgan fingerprint density at radius 2 is 2.05 bits per heavy atom. The van der Waals surface area contributed by atoms with Gasteiger partial charge in [-0.15, -0.1) is 0 Å². The number of nitrogens with zero attached hydrogens (tertiary/aromatic N) is 8. The van der Waals surface area contributed by atoms with Crippen molar-refractivity contribution < 1.29 is 18.3 Å². The Labute approximate surface area is 257 Å². The second kappa shape index (κ2) is 12.3. The summed E-state index contributed by atoms with van der Waals surface area (Å²) < 4.78 is 36.4. The lowest BCUT2D eigenvalue weighted by Gasteiger charge is -2.41. The highest BCUT2D eigenvalue weighted by atomic mass is 35.5. The third-order valence-electron chi connectivity index (χ3n) is 8.31. The van der Waals surface area contributed by atoms with Crippen molar-refractivity contribution in [2.24, 2.45) is 0 Å². The highest BCUT2D eigenvalue weighted by molar-refractivity contribution is 6.36. The van der Waals surface area contributed by atoms with Crippen molar-refractivity contribution in [2.45, 2.75) is 31.3 Å². The Balaban J connectivity index is 1.45. The molecule has 1 amide bonds. The smallest absolute Gasteiger partial charge is 0.319 e. The van der Waals surface area contributed by atoms with E-state index < -0.39 is 23.6 Å². The van der Waals surface area contributed by atoms with Crippen LogP contribution < -0.4 is 9.64 Å². The summed E-state index contributed by atoms with van der Waals surface area (Å²) in [5, 5.41) is 11.5. The Kier molecular flexibility index (Phi) is 8.25. The van der Waals surface area contributed by atoms with Crippen molar-refractivity contribution >= 4 is 45.0 Å². The molecule has 0 spiro atoms. The molecule has 2 fully saturated rings. The van der Waals surface area contributed by atoms with Crippen LogP contribution in [0.4, 0.5) is 14.6 Å². The largest absolute Gasteiger partial charge is 0.462 e.